The molecule has 0 radical (unpaired) electrons. The Hall–Kier alpha value is -5.46. The summed E-state index contributed by atoms with van der Waals surface area (Å²) in [7, 11) is 0. The summed E-state index contributed by atoms with van der Waals surface area (Å²) in [5.74, 6) is 0. The summed E-state index contributed by atoms with van der Waals surface area (Å²) in [6.45, 7) is 13.8. The Kier molecular flexibility index (Phi) is 5.92. The van der Waals surface area contributed by atoms with E-state index in [1.165, 1.54) is 109 Å². The molecule has 1 aliphatic carbocycles. The van der Waals surface area contributed by atoms with Gasteiger partial charge in [-0.25, -0.2) is 0 Å². The lowest BCUT2D eigenvalue weighted by atomic mass is 9.80. The van der Waals surface area contributed by atoms with Gasteiger partial charge >= 0.3 is 0 Å². The van der Waals surface area contributed by atoms with Crippen LogP contribution < -0.4 is 0 Å². The molecule has 9 aromatic rings. The molecule has 0 amide bonds. The minimum absolute atomic E-state index is 0.0904. The number of fused-ring (bicyclic) bond motifs is 6. The zero-order valence-electron chi connectivity index (χ0n) is 29.7. The molecule has 0 aliphatic heterocycles. The van der Waals surface area contributed by atoms with Gasteiger partial charge in [-0.2, -0.15) is 0 Å². The highest BCUT2D eigenvalue weighted by Gasteiger charge is 2.32. The first-order valence-electron chi connectivity index (χ1n) is 18.0. The topological polar surface area (TPSA) is 0 Å². The lowest BCUT2D eigenvalue weighted by Crippen LogP contribution is -2.10. The van der Waals surface area contributed by atoms with Crippen molar-refractivity contribution in [3.8, 4) is 44.5 Å². The molecule has 0 fully saturated rings. The standard InChI is InChI=1S/C50H40/c1-49(2,3)32-21-17-30(18-22-32)43-36-13-7-8-14-37(36)44(31-19-23-33(24-20-31)50(4,5)6)48-41-28-26-39-35-16-10-12-29-11-9-15-34(42(29)35)38-25-27-40(47(43)48)46(41)45(38)39/h7-28H,1-6H3. The van der Waals surface area contributed by atoms with Gasteiger partial charge in [-0.3, -0.25) is 0 Å². The van der Waals surface area contributed by atoms with E-state index in [0.29, 0.717) is 0 Å². The van der Waals surface area contributed by atoms with Crippen molar-refractivity contribution < 1.29 is 0 Å². The summed E-state index contributed by atoms with van der Waals surface area (Å²) >= 11 is 0. The first-order chi connectivity index (χ1) is 24.1. The van der Waals surface area contributed by atoms with Gasteiger partial charge < -0.3 is 0 Å². The van der Waals surface area contributed by atoms with Gasteiger partial charge in [0.2, 0.25) is 0 Å². The average Bonchev–Trinajstić information content (AvgIpc) is 3.45. The van der Waals surface area contributed by atoms with Crippen LogP contribution >= 0.6 is 0 Å². The zero-order valence-corrected chi connectivity index (χ0v) is 29.7. The molecule has 0 bridgehead atoms. The summed E-state index contributed by atoms with van der Waals surface area (Å²) in [6, 6.07) is 51.2. The monoisotopic (exact) mass is 640 g/mol. The van der Waals surface area contributed by atoms with Gasteiger partial charge in [0, 0.05) is 0 Å². The molecule has 0 nitrogen and oxygen atoms in total. The highest BCUT2D eigenvalue weighted by atomic mass is 14.3. The van der Waals surface area contributed by atoms with Gasteiger partial charge in [0.15, 0.2) is 0 Å². The Morgan fingerprint density at radius 1 is 0.300 bits per heavy atom. The molecule has 1 aliphatic rings. The van der Waals surface area contributed by atoms with E-state index in [4.69, 9.17) is 0 Å². The van der Waals surface area contributed by atoms with Crippen molar-refractivity contribution in [1.29, 1.82) is 0 Å². The summed E-state index contributed by atoms with van der Waals surface area (Å²) < 4.78 is 0. The molecule has 0 N–H and O–H groups in total. The van der Waals surface area contributed by atoms with Gasteiger partial charge in [-0.1, -0.05) is 175 Å². The minimum atomic E-state index is 0.0904. The number of hydrogen-bond acceptors (Lipinski definition) is 0. The fraction of sp³-hybridized carbons (Fsp3) is 0.160. The van der Waals surface area contributed by atoms with Crippen LogP contribution in [0.25, 0.3) is 98.4 Å². The van der Waals surface area contributed by atoms with E-state index in [1.807, 2.05) is 0 Å². The van der Waals surface area contributed by atoms with Crippen LogP contribution in [0.2, 0.25) is 0 Å². The second-order valence-corrected chi connectivity index (χ2v) is 16.5. The van der Waals surface area contributed by atoms with Gasteiger partial charge in [0.05, 0.1) is 0 Å². The SMILES string of the molecule is CC(C)(C)c1ccc(-c2c3c(c(-c4ccc(C(C)(C)C)cc4)c4ccccc24)-c2ccc4c5cccc6cccc(c7ccc-3c2c74)c65)cc1. The lowest BCUT2D eigenvalue weighted by molar-refractivity contribution is 0.590. The first kappa shape index (κ1) is 29.5. The molecule has 9 aromatic carbocycles. The third-order valence-electron chi connectivity index (χ3n) is 11.5. The van der Waals surface area contributed by atoms with Crippen molar-refractivity contribution in [2.75, 3.05) is 0 Å². The maximum Gasteiger partial charge on any atom is -0.000740 e. The largest absolute Gasteiger partial charge is 0.0616 e. The van der Waals surface area contributed by atoms with Crippen molar-refractivity contribution >= 4 is 53.9 Å². The van der Waals surface area contributed by atoms with E-state index in [2.05, 4.69) is 175 Å². The fourth-order valence-electron chi connectivity index (χ4n) is 9.00. The maximum absolute atomic E-state index is 2.43. The molecule has 0 atom stereocenters. The van der Waals surface area contributed by atoms with Crippen LogP contribution in [0.4, 0.5) is 0 Å². The van der Waals surface area contributed by atoms with E-state index < -0.39 is 0 Å². The van der Waals surface area contributed by atoms with Gasteiger partial charge in [0.1, 0.15) is 0 Å². The Bertz CT molecular complexity index is 2640. The quantitative estimate of drug-likeness (QED) is 0.130. The van der Waals surface area contributed by atoms with E-state index in [-0.39, 0.29) is 10.8 Å². The van der Waals surface area contributed by atoms with Gasteiger partial charge in [0.25, 0.3) is 0 Å². The highest BCUT2D eigenvalue weighted by molar-refractivity contribution is 6.39. The number of rotatable bonds is 2. The summed E-state index contributed by atoms with van der Waals surface area (Å²) in [5, 5.41) is 13.4. The van der Waals surface area contributed by atoms with Crippen LogP contribution in [0.1, 0.15) is 52.7 Å². The summed E-state index contributed by atoms with van der Waals surface area (Å²) in [5.41, 5.74) is 13.5. The molecule has 0 heteroatoms. The molecule has 50 heavy (non-hydrogen) atoms. The van der Waals surface area contributed by atoms with Gasteiger partial charge in [-0.15, -0.1) is 0 Å². The second-order valence-electron chi connectivity index (χ2n) is 16.5. The van der Waals surface area contributed by atoms with Gasteiger partial charge in [-0.05, 0) is 120 Å². The highest BCUT2D eigenvalue weighted by Crippen LogP contribution is 2.59. The smallest absolute Gasteiger partial charge is 0.000740 e. The minimum Gasteiger partial charge on any atom is -0.0616 e. The van der Waals surface area contributed by atoms with E-state index in [1.54, 1.807) is 0 Å². The zero-order chi connectivity index (χ0) is 34.1. The average molecular weight is 641 g/mol. The van der Waals surface area contributed by atoms with Crippen LogP contribution in [-0.2, 0) is 10.8 Å². The third kappa shape index (κ3) is 4.00. The number of hydrogen-bond donors (Lipinski definition) is 0. The molecular weight excluding hydrogens is 601 g/mol. The van der Waals surface area contributed by atoms with Crippen LogP contribution in [0.5, 0.6) is 0 Å². The molecule has 0 saturated heterocycles. The van der Waals surface area contributed by atoms with Crippen LogP contribution in [0.3, 0.4) is 0 Å². The molecule has 0 unspecified atom stereocenters. The third-order valence-corrected chi connectivity index (χ3v) is 11.5. The summed E-state index contributed by atoms with van der Waals surface area (Å²) in [4.78, 5) is 0. The lowest BCUT2D eigenvalue weighted by Gasteiger charge is -2.23. The van der Waals surface area contributed by atoms with E-state index >= 15 is 0 Å². The second kappa shape index (κ2) is 10.1. The summed E-state index contributed by atoms with van der Waals surface area (Å²) in [6.07, 6.45) is 0. The van der Waals surface area contributed by atoms with Crippen molar-refractivity contribution in [3.63, 3.8) is 0 Å². The number of benzene rings is 9. The molecule has 0 aromatic heterocycles. The molecule has 240 valence electrons. The predicted octanol–water partition coefficient (Wildman–Crippen LogP) is 14.5. The Morgan fingerprint density at radius 2 is 0.700 bits per heavy atom. The predicted molar refractivity (Wildman–Crippen MR) is 218 cm³/mol. The normalized spacial score (nSPS) is 13.0. The van der Waals surface area contributed by atoms with Crippen molar-refractivity contribution in [1.82, 2.24) is 0 Å². The Labute approximate surface area is 294 Å². The Balaban J connectivity index is 1.38. The first-order valence-corrected chi connectivity index (χ1v) is 18.0. The van der Waals surface area contributed by atoms with E-state index in [0.717, 1.165) is 0 Å². The van der Waals surface area contributed by atoms with Crippen LogP contribution in [-0.4, -0.2) is 0 Å². The van der Waals surface area contributed by atoms with Crippen molar-refractivity contribution in [2.24, 2.45) is 0 Å². The molecule has 0 spiro atoms. The Morgan fingerprint density at radius 3 is 1.12 bits per heavy atom. The molecule has 0 heterocycles. The van der Waals surface area contributed by atoms with Crippen molar-refractivity contribution in [3.05, 3.63) is 145 Å². The van der Waals surface area contributed by atoms with Crippen LogP contribution in [0, 0.1) is 0 Å². The molecular formula is C50H40. The maximum atomic E-state index is 2.43. The molecule has 0 saturated carbocycles. The van der Waals surface area contributed by atoms with E-state index in [9.17, 15) is 0 Å². The fourth-order valence-corrected chi connectivity index (χ4v) is 9.00. The van der Waals surface area contributed by atoms with Crippen LogP contribution in [0.15, 0.2) is 133 Å². The van der Waals surface area contributed by atoms with Crippen molar-refractivity contribution in [2.45, 2.75) is 52.4 Å². The molecule has 10 rings (SSSR count).